The molecule has 1 aliphatic carbocycles. The molecule has 3 rings (SSSR count). The lowest BCUT2D eigenvalue weighted by atomic mass is 10.2. The number of carbonyl (C=O) groups is 2. The van der Waals surface area contributed by atoms with Gasteiger partial charge < -0.3 is 20.3 Å². The molecule has 6 heteroatoms. The molecule has 1 aromatic carbocycles. The zero-order valence-electron chi connectivity index (χ0n) is 12.7. The minimum absolute atomic E-state index is 0.0322. The molecule has 0 spiro atoms. The monoisotopic (exact) mass is 303 g/mol. The number of methoxy groups -OCH3 is 1. The Morgan fingerprint density at radius 3 is 2.73 bits per heavy atom. The molecule has 118 valence electrons. The Hall–Kier alpha value is -2.24. The molecule has 6 nitrogen and oxygen atoms in total. The SMILES string of the molecule is COc1ccccc1NC(=O)N1CCCC1C(=O)NC1CC1. The average Bonchev–Trinajstić information content (AvgIpc) is 3.19. The summed E-state index contributed by atoms with van der Waals surface area (Å²) < 4.78 is 5.23. The van der Waals surface area contributed by atoms with E-state index in [2.05, 4.69) is 10.6 Å². The lowest BCUT2D eigenvalue weighted by Gasteiger charge is -2.24. The molecule has 1 saturated carbocycles. The fourth-order valence-corrected chi connectivity index (χ4v) is 2.74. The van der Waals surface area contributed by atoms with Gasteiger partial charge in [0.1, 0.15) is 11.8 Å². The number of amides is 3. The third kappa shape index (κ3) is 3.16. The van der Waals surface area contributed by atoms with E-state index in [1.54, 1.807) is 24.1 Å². The van der Waals surface area contributed by atoms with Gasteiger partial charge in [-0.1, -0.05) is 12.1 Å². The first-order chi connectivity index (χ1) is 10.7. The zero-order chi connectivity index (χ0) is 15.5. The lowest BCUT2D eigenvalue weighted by Crippen LogP contribution is -2.48. The number of carbonyl (C=O) groups excluding carboxylic acids is 2. The Morgan fingerprint density at radius 1 is 1.23 bits per heavy atom. The van der Waals surface area contributed by atoms with E-state index in [0.717, 1.165) is 25.7 Å². The van der Waals surface area contributed by atoms with Gasteiger partial charge in [0, 0.05) is 12.6 Å². The number of benzene rings is 1. The number of hydrogen-bond acceptors (Lipinski definition) is 3. The third-order valence-electron chi connectivity index (χ3n) is 4.09. The Kier molecular flexibility index (Phi) is 4.18. The molecule has 2 N–H and O–H groups in total. The van der Waals surface area contributed by atoms with Gasteiger partial charge in [0.25, 0.3) is 0 Å². The van der Waals surface area contributed by atoms with Crippen LogP contribution < -0.4 is 15.4 Å². The molecule has 3 amide bonds. The predicted octanol–water partition coefficient (Wildman–Crippen LogP) is 1.97. The van der Waals surface area contributed by atoms with Crippen LogP contribution in [0.25, 0.3) is 0 Å². The Bertz CT molecular complexity index is 572. The molecule has 1 aliphatic heterocycles. The lowest BCUT2D eigenvalue weighted by molar-refractivity contribution is -0.124. The summed E-state index contributed by atoms with van der Waals surface area (Å²) in [5, 5.41) is 5.82. The molecule has 0 aromatic heterocycles. The van der Waals surface area contributed by atoms with Crippen LogP contribution in [0.3, 0.4) is 0 Å². The highest BCUT2D eigenvalue weighted by molar-refractivity contribution is 5.95. The highest BCUT2D eigenvalue weighted by atomic mass is 16.5. The van der Waals surface area contributed by atoms with Crippen molar-refractivity contribution in [2.75, 3.05) is 19.0 Å². The molecule has 1 heterocycles. The van der Waals surface area contributed by atoms with E-state index < -0.39 is 0 Å². The van der Waals surface area contributed by atoms with E-state index >= 15 is 0 Å². The Balaban J connectivity index is 1.66. The maximum atomic E-state index is 12.5. The van der Waals surface area contributed by atoms with Gasteiger partial charge in [0.05, 0.1) is 12.8 Å². The molecular weight excluding hydrogens is 282 g/mol. The quantitative estimate of drug-likeness (QED) is 0.893. The number of para-hydroxylation sites is 2. The van der Waals surface area contributed by atoms with E-state index in [0.29, 0.717) is 24.0 Å². The van der Waals surface area contributed by atoms with Crippen molar-refractivity contribution in [2.45, 2.75) is 37.8 Å². The second-order valence-electron chi connectivity index (χ2n) is 5.76. The first-order valence-corrected chi connectivity index (χ1v) is 7.70. The van der Waals surface area contributed by atoms with E-state index in [1.165, 1.54) is 0 Å². The van der Waals surface area contributed by atoms with Crippen LogP contribution in [0.1, 0.15) is 25.7 Å². The molecule has 0 radical (unpaired) electrons. The molecule has 0 bridgehead atoms. The number of anilines is 1. The Morgan fingerprint density at radius 2 is 2.00 bits per heavy atom. The first kappa shape index (κ1) is 14.7. The summed E-state index contributed by atoms with van der Waals surface area (Å²) in [7, 11) is 1.56. The number of nitrogens with zero attached hydrogens (tertiary/aromatic N) is 1. The maximum Gasteiger partial charge on any atom is 0.322 e. The van der Waals surface area contributed by atoms with Crippen molar-refractivity contribution in [1.29, 1.82) is 0 Å². The molecule has 1 unspecified atom stereocenters. The van der Waals surface area contributed by atoms with E-state index in [4.69, 9.17) is 4.74 Å². The van der Waals surface area contributed by atoms with Crippen LogP contribution >= 0.6 is 0 Å². The average molecular weight is 303 g/mol. The van der Waals surface area contributed by atoms with Crippen molar-refractivity contribution in [1.82, 2.24) is 10.2 Å². The van der Waals surface area contributed by atoms with Crippen molar-refractivity contribution in [2.24, 2.45) is 0 Å². The molecule has 2 fully saturated rings. The van der Waals surface area contributed by atoms with Gasteiger partial charge >= 0.3 is 6.03 Å². The molecule has 2 aliphatic rings. The van der Waals surface area contributed by atoms with Crippen molar-refractivity contribution in [3.63, 3.8) is 0 Å². The zero-order valence-corrected chi connectivity index (χ0v) is 12.7. The van der Waals surface area contributed by atoms with Gasteiger partial charge in [-0.3, -0.25) is 4.79 Å². The first-order valence-electron chi connectivity index (χ1n) is 7.70. The highest BCUT2D eigenvalue weighted by Gasteiger charge is 2.36. The summed E-state index contributed by atoms with van der Waals surface area (Å²) >= 11 is 0. The van der Waals surface area contributed by atoms with Crippen LogP contribution in [0.15, 0.2) is 24.3 Å². The fourth-order valence-electron chi connectivity index (χ4n) is 2.74. The number of likely N-dealkylation sites (tertiary alicyclic amines) is 1. The largest absolute Gasteiger partial charge is 0.495 e. The van der Waals surface area contributed by atoms with E-state index in [1.807, 2.05) is 12.1 Å². The number of rotatable bonds is 4. The van der Waals surface area contributed by atoms with Crippen molar-refractivity contribution in [3.8, 4) is 5.75 Å². The minimum Gasteiger partial charge on any atom is -0.495 e. The van der Waals surface area contributed by atoms with Crippen LogP contribution in [-0.4, -0.2) is 42.6 Å². The number of hydrogen-bond donors (Lipinski definition) is 2. The van der Waals surface area contributed by atoms with Gasteiger partial charge in [0.15, 0.2) is 0 Å². The van der Waals surface area contributed by atoms with Gasteiger partial charge in [-0.15, -0.1) is 0 Å². The molecule has 1 aromatic rings. The van der Waals surface area contributed by atoms with E-state index in [-0.39, 0.29) is 18.0 Å². The summed E-state index contributed by atoms with van der Waals surface area (Å²) in [6.07, 6.45) is 3.66. The number of ether oxygens (including phenoxy) is 1. The van der Waals surface area contributed by atoms with Gasteiger partial charge in [-0.05, 0) is 37.8 Å². The molecule has 1 atom stereocenters. The summed E-state index contributed by atoms with van der Waals surface area (Å²) in [6, 6.07) is 6.94. The Labute approximate surface area is 129 Å². The van der Waals surface area contributed by atoms with E-state index in [9.17, 15) is 9.59 Å². The topological polar surface area (TPSA) is 70.7 Å². The minimum atomic E-state index is -0.365. The maximum absolute atomic E-state index is 12.5. The number of urea groups is 1. The van der Waals surface area contributed by atoms with Gasteiger partial charge in [-0.2, -0.15) is 0 Å². The van der Waals surface area contributed by atoms with Crippen LogP contribution in [0.5, 0.6) is 5.75 Å². The van der Waals surface area contributed by atoms with Crippen LogP contribution in [0, 0.1) is 0 Å². The van der Waals surface area contributed by atoms with Crippen LogP contribution in [-0.2, 0) is 4.79 Å². The second-order valence-corrected chi connectivity index (χ2v) is 5.76. The molecule has 1 saturated heterocycles. The summed E-state index contributed by atoms with van der Waals surface area (Å²) in [6.45, 7) is 0.601. The normalized spacial score (nSPS) is 20.6. The van der Waals surface area contributed by atoms with Gasteiger partial charge in [-0.25, -0.2) is 4.79 Å². The van der Waals surface area contributed by atoms with Gasteiger partial charge in [0.2, 0.25) is 5.91 Å². The molecule has 22 heavy (non-hydrogen) atoms. The van der Waals surface area contributed by atoms with Crippen LogP contribution in [0.2, 0.25) is 0 Å². The summed E-state index contributed by atoms with van der Waals surface area (Å²) in [5.74, 6) is 0.573. The smallest absolute Gasteiger partial charge is 0.322 e. The fraction of sp³-hybridized carbons (Fsp3) is 0.500. The van der Waals surface area contributed by atoms with Crippen molar-refractivity contribution >= 4 is 17.6 Å². The third-order valence-corrected chi connectivity index (χ3v) is 4.09. The summed E-state index contributed by atoms with van der Waals surface area (Å²) in [5.41, 5.74) is 0.614. The van der Waals surface area contributed by atoms with Crippen LogP contribution in [0.4, 0.5) is 10.5 Å². The number of nitrogens with one attached hydrogen (secondary N) is 2. The standard InChI is InChI=1S/C16H21N3O3/c1-22-14-7-3-2-5-12(14)18-16(21)19-10-4-6-13(19)15(20)17-11-8-9-11/h2-3,5,7,11,13H,4,6,8-10H2,1H3,(H,17,20)(H,18,21). The second kappa shape index (κ2) is 6.25. The summed E-state index contributed by atoms with van der Waals surface area (Å²) in [4.78, 5) is 26.3. The van der Waals surface area contributed by atoms with Crippen molar-refractivity contribution < 1.29 is 14.3 Å². The van der Waals surface area contributed by atoms with Crippen molar-refractivity contribution in [3.05, 3.63) is 24.3 Å². The highest BCUT2D eigenvalue weighted by Crippen LogP contribution is 2.26. The predicted molar refractivity (Wildman–Crippen MR) is 82.9 cm³/mol. The molecular formula is C16H21N3O3.